The standard InChI is InChI=1S/C29H28N4O8/c30-26(31)19-10-9-18(14-23(34)29(39)40)24(15-19)41-16-22(11-12-25(35)36)33-28(38)20-7-4-8-21(13-20)32-27(37)17-5-2-1-3-6-17/h1-10,13,15,22H,11-12,14,16H2,(H3,30,31)(H,32,37)(H,33,38)(H,35,36)(H,39,40)/p+1/t22-/m1/s1. The highest BCUT2D eigenvalue weighted by Gasteiger charge is 2.20. The fourth-order valence-corrected chi connectivity index (χ4v) is 3.75. The van der Waals surface area contributed by atoms with Crippen molar-refractivity contribution in [3.05, 3.63) is 95.1 Å². The molecule has 0 aliphatic carbocycles. The van der Waals surface area contributed by atoms with Gasteiger partial charge in [-0.05, 0) is 48.9 Å². The summed E-state index contributed by atoms with van der Waals surface area (Å²) in [5.74, 6) is -4.61. The maximum atomic E-state index is 13.1. The SMILES string of the molecule is NC(=[NH2+])c1ccc(CC(=O)C(=O)O)c(OC[C@@H](CCC(=O)O)NC(=O)c2cccc(NC(=O)c3ccccc3)c2)c1. The van der Waals surface area contributed by atoms with Crippen LogP contribution in [0.3, 0.4) is 0 Å². The lowest BCUT2D eigenvalue weighted by Crippen LogP contribution is -2.46. The summed E-state index contributed by atoms with van der Waals surface area (Å²) >= 11 is 0. The van der Waals surface area contributed by atoms with Crippen molar-refractivity contribution in [3.8, 4) is 5.75 Å². The Kier molecular flexibility index (Phi) is 10.3. The Balaban J connectivity index is 1.76. The van der Waals surface area contributed by atoms with E-state index in [1.54, 1.807) is 42.5 Å². The van der Waals surface area contributed by atoms with E-state index in [2.05, 4.69) is 10.6 Å². The molecule has 0 heterocycles. The summed E-state index contributed by atoms with van der Waals surface area (Å²) in [6.07, 6.45) is -0.752. The number of amides is 2. The summed E-state index contributed by atoms with van der Waals surface area (Å²) in [6.45, 7) is -0.217. The van der Waals surface area contributed by atoms with Crippen LogP contribution in [0, 0.1) is 0 Å². The quantitative estimate of drug-likeness (QED) is 0.0925. The number of anilines is 1. The molecule has 212 valence electrons. The van der Waals surface area contributed by atoms with Gasteiger partial charge in [-0.3, -0.25) is 30.3 Å². The van der Waals surface area contributed by atoms with Crippen LogP contribution in [0.4, 0.5) is 5.69 Å². The number of amidine groups is 1. The zero-order valence-corrected chi connectivity index (χ0v) is 21.8. The molecule has 0 unspecified atom stereocenters. The van der Waals surface area contributed by atoms with Gasteiger partial charge in [0.1, 0.15) is 12.4 Å². The predicted molar refractivity (Wildman–Crippen MR) is 147 cm³/mol. The Bertz CT molecular complexity index is 1470. The van der Waals surface area contributed by atoms with Gasteiger partial charge in [-0.2, -0.15) is 0 Å². The van der Waals surface area contributed by atoms with Crippen molar-refractivity contribution in [3.63, 3.8) is 0 Å². The van der Waals surface area contributed by atoms with E-state index in [9.17, 15) is 29.1 Å². The number of hydrogen-bond donors (Lipinski definition) is 6. The second-order valence-electron chi connectivity index (χ2n) is 9.00. The molecule has 12 heteroatoms. The molecular formula is C29H29N4O8+. The average molecular weight is 562 g/mol. The number of nitrogens with two attached hydrogens (primary N) is 2. The fraction of sp³-hybridized carbons (Fsp3) is 0.172. The molecule has 2 amide bonds. The van der Waals surface area contributed by atoms with Gasteiger partial charge in [0.15, 0.2) is 0 Å². The van der Waals surface area contributed by atoms with Crippen LogP contribution in [0.1, 0.15) is 44.7 Å². The Morgan fingerprint density at radius 1 is 0.854 bits per heavy atom. The number of carboxylic acids is 2. The maximum Gasteiger partial charge on any atom is 0.372 e. The van der Waals surface area contributed by atoms with E-state index in [1.165, 1.54) is 30.3 Å². The van der Waals surface area contributed by atoms with Crippen molar-refractivity contribution in [2.45, 2.75) is 25.3 Å². The van der Waals surface area contributed by atoms with Crippen LogP contribution in [0.25, 0.3) is 0 Å². The number of hydrogen-bond acceptors (Lipinski definition) is 6. The molecule has 8 N–H and O–H groups in total. The minimum Gasteiger partial charge on any atom is -0.491 e. The molecule has 0 aromatic heterocycles. The highest BCUT2D eigenvalue weighted by molar-refractivity contribution is 6.33. The van der Waals surface area contributed by atoms with Crippen molar-refractivity contribution in [2.75, 3.05) is 11.9 Å². The van der Waals surface area contributed by atoms with Crippen molar-refractivity contribution in [1.82, 2.24) is 5.32 Å². The van der Waals surface area contributed by atoms with Crippen molar-refractivity contribution < 1.29 is 44.3 Å². The third kappa shape index (κ3) is 9.03. The van der Waals surface area contributed by atoms with Crippen LogP contribution >= 0.6 is 0 Å². The molecular weight excluding hydrogens is 532 g/mol. The van der Waals surface area contributed by atoms with Crippen molar-refractivity contribution in [1.29, 1.82) is 0 Å². The summed E-state index contributed by atoms with van der Waals surface area (Å²) < 4.78 is 5.83. The van der Waals surface area contributed by atoms with Gasteiger partial charge in [0.25, 0.3) is 17.6 Å². The third-order valence-corrected chi connectivity index (χ3v) is 5.89. The van der Waals surface area contributed by atoms with E-state index >= 15 is 0 Å². The van der Waals surface area contributed by atoms with Gasteiger partial charge in [0, 0.05) is 35.2 Å². The molecule has 0 spiro atoms. The molecule has 3 rings (SSSR count). The number of Topliss-reactive ketones (excluding diaryl/α,β-unsaturated/α-hetero) is 1. The smallest absolute Gasteiger partial charge is 0.372 e. The highest BCUT2D eigenvalue weighted by Crippen LogP contribution is 2.22. The lowest BCUT2D eigenvalue weighted by atomic mass is 10.0. The van der Waals surface area contributed by atoms with E-state index in [0.29, 0.717) is 16.8 Å². The van der Waals surface area contributed by atoms with Crippen LogP contribution in [-0.4, -0.2) is 58.2 Å². The summed E-state index contributed by atoms with van der Waals surface area (Å²) in [4.78, 5) is 59.7. The molecule has 0 aliphatic heterocycles. The average Bonchev–Trinajstić information content (AvgIpc) is 2.95. The second kappa shape index (κ2) is 14.0. The van der Waals surface area contributed by atoms with Gasteiger partial charge in [-0.15, -0.1) is 0 Å². The molecule has 12 nitrogen and oxygen atoms in total. The Hall–Kier alpha value is -5.52. The molecule has 0 saturated carbocycles. The molecule has 41 heavy (non-hydrogen) atoms. The van der Waals surface area contributed by atoms with E-state index < -0.39 is 36.1 Å². The molecule has 3 aromatic carbocycles. The minimum atomic E-state index is -1.61. The Labute approximate surface area is 234 Å². The minimum absolute atomic E-state index is 0.000257. The van der Waals surface area contributed by atoms with Crippen LogP contribution in [0.15, 0.2) is 72.8 Å². The molecule has 0 saturated heterocycles. The number of ether oxygens (including phenoxy) is 1. The largest absolute Gasteiger partial charge is 0.491 e. The van der Waals surface area contributed by atoms with Gasteiger partial charge >= 0.3 is 11.9 Å². The number of carbonyl (C=O) groups is 5. The van der Waals surface area contributed by atoms with Gasteiger partial charge in [0.05, 0.1) is 11.6 Å². The first kappa shape index (κ1) is 30.0. The number of nitrogens with one attached hydrogen (secondary N) is 2. The van der Waals surface area contributed by atoms with Gasteiger partial charge in [-0.25, -0.2) is 4.79 Å². The molecule has 3 aromatic rings. The normalized spacial score (nSPS) is 11.1. The zero-order valence-electron chi connectivity index (χ0n) is 21.8. The highest BCUT2D eigenvalue weighted by atomic mass is 16.5. The van der Waals surface area contributed by atoms with Gasteiger partial charge in [0.2, 0.25) is 5.78 Å². The first-order valence-corrected chi connectivity index (χ1v) is 12.4. The maximum absolute atomic E-state index is 13.1. The van der Waals surface area contributed by atoms with Crippen molar-refractivity contribution in [2.24, 2.45) is 5.73 Å². The number of rotatable bonds is 14. The first-order valence-electron chi connectivity index (χ1n) is 12.4. The zero-order chi connectivity index (χ0) is 29.9. The van der Waals surface area contributed by atoms with E-state index in [0.717, 1.165) is 0 Å². The number of carboxylic acid groups (broad SMARTS) is 2. The topological polar surface area (TPSA) is 211 Å². The van der Waals surface area contributed by atoms with Crippen LogP contribution in [-0.2, 0) is 20.8 Å². The lowest BCUT2D eigenvalue weighted by molar-refractivity contribution is -0.148. The van der Waals surface area contributed by atoms with Crippen LogP contribution in [0.5, 0.6) is 5.75 Å². The summed E-state index contributed by atoms with van der Waals surface area (Å²) in [7, 11) is 0. The molecule has 0 aliphatic rings. The van der Waals surface area contributed by atoms with Gasteiger partial charge in [-0.1, -0.05) is 30.3 Å². The third-order valence-electron chi connectivity index (χ3n) is 5.89. The predicted octanol–water partition coefficient (Wildman–Crippen LogP) is 0.642. The Morgan fingerprint density at radius 2 is 1.56 bits per heavy atom. The van der Waals surface area contributed by atoms with E-state index in [-0.39, 0.29) is 48.1 Å². The summed E-state index contributed by atoms with van der Waals surface area (Å²) in [5.41, 5.74) is 7.29. The van der Waals surface area contributed by atoms with Crippen LogP contribution in [0.2, 0.25) is 0 Å². The first-order chi connectivity index (χ1) is 19.5. The molecule has 0 bridgehead atoms. The van der Waals surface area contributed by atoms with E-state index in [1.807, 2.05) is 0 Å². The monoisotopic (exact) mass is 561 g/mol. The number of aliphatic carboxylic acids is 2. The summed E-state index contributed by atoms with van der Waals surface area (Å²) in [5, 5.41) is 29.3. The number of benzene rings is 3. The van der Waals surface area contributed by atoms with Crippen molar-refractivity contribution >= 4 is 41.1 Å². The van der Waals surface area contributed by atoms with Gasteiger partial charge < -0.3 is 25.6 Å². The van der Waals surface area contributed by atoms with Crippen LogP contribution < -0.4 is 26.5 Å². The number of carbonyl (C=O) groups excluding carboxylic acids is 3. The second-order valence-corrected chi connectivity index (χ2v) is 9.00. The molecule has 0 radical (unpaired) electrons. The Morgan fingerprint density at radius 3 is 2.22 bits per heavy atom. The van der Waals surface area contributed by atoms with E-state index in [4.69, 9.17) is 21.0 Å². The lowest BCUT2D eigenvalue weighted by Gasteiger charge is -2.20. The number of ketones is 1. The fourth-order valence-electron chi connectivity index (χ4n) is 3.75. The summed E-state index contributed by atoms with van der Waals surface area (Å²) in [6, 6.07) is 18.3. The molecule has 1 atom stereocenters. The molecule has 0 fully saturated rings.